The van der Waals surface area contributed by atoms with Gasteiger partial charge in [-0.2, -0.15) is 0 Å². The summed E-state index contributed by atoms with van der Waals surface area (Å²) in [6.07, 6.45) is 3.10. The molecule has 0 spiro atoms. The number of hydrogen-bond acceptors (Lipinski definition) is 5. The Hall–Kier alpha value is -3.52. The lowest BCUT2D eigenvalue weighted by Gasteiger charge is -2.34. The minimum absolute atomic E-state index is 0.0151. The van der Waals surface area contributed by atoms with Crippen LogP contribution in [0, 0.1) is 0 Å². The Balaban J connectivity index is 1.60. The molecule has 0 aromatic heterocycles. The number of benzene rings is 2. The van der Waals surface area contributed by atoms with Crippen molar-refractivity contribution in [1.82, 2.24) is 15.1 Å². The van der Waals surface area contributed by atoms with Crippen LogP contribution in [0.4, 0.5) is 10.5 Å². The van der Waals surface area contributed by atoms with Crippen LogP contribution in [-0.2, 0) is 9.53 Å². The molecule has 0 aliphatic carbocycles. The van der Waals surface area contributed by atoms with Crippen LogP contribution >= 0.6 is 11.6 Å². The number of carbonyl (C=O) groups is 3. The average molecular weight is 525 g/mol. The van der Waals surface area contributed by atoms with Gasteiger partial charge in [-0.1, -0.05) is 29.8 Å². The van der Waals surface area contributed by atoms with Crippen molar-refractivity contribution in [2.24, 2.45) is 0 Å². The SMILES string of the molecule is CCOC(=O)N1CCC(c2cc(Cl)ccc2NC)=CC1c1ccc(C(=O)N2CCC(NC(C)=O)C2)cc1. The third-order valence-corrected chi connectivity index (χ3v) is 7.03. The number of hydrogen-bond donors (Lipinski definition) is 2. The lowest BCUT2D eigenvalue weighted by Crippen LogP contribution is -2.38. The topological polar surface area (TPSA) is 91.0 Å². The zero-order chi connectivity index (χ0) is 26.5. The Labute approximate surface area is 222 Å². The highest BCUT2D eigenvalue weighted by atomic mass is 35.5. The summed E-state index contributed by atoms with van der Waals surface area (Å²) in [5.74, 6) is -0.159. The molecule has 3 amide bonds. The summed E-state index contributed by atoms with van der Waals surface area (Å²) in [6, 6.07) is 12.7. The van der Waals surface area contributed by atoms with Gasteiger partial charge in [0.1, 0.15) is 0 Å². The van der Waals surface area contributed by atoms with Crippen LogP contribution < -0.4 is 10.6 Å². The molecule has 4 rings (SSSR count). The summed E-state index contributed by atoms with van der Waals surface area (Å²) in [5.41, 5.74) is 4.49. The van der Waals surface area contributed by atoms with Crippen molar-refractivity contribution in [2.45, 2.75) is 38.8 Å². The second-order valence-electron chi connectivity index (χ2n) is 9.28. The molecule has 2 aliphatic rings. The van der Waals surface area contributed by atoms with E-state index in [4.69, 9.17) is 16.3 Å². The maximum absolute atomic E-state index is 13.1. The van der Waals surface area contributed by atoms with Crippen LogP contribution in [0.5, 0.6) is 0 Å². The van der Waals surface area contributed by atoms with Crippen molar-refractivity contribution in [2.75, 3.05) is 38.6 Å². The number of likely N-dealkylation sites (tertiary alicyclic amines) is 1. The van der Waals surface area contributed by atoms with Crippen molar-refractivity contribution in [3.05, 3.63) is 70.3 Å². The highest BCUT2D eigenvalue weighted by Crippen LogP contribution is 2.37. The van der Waals surface area contributed by atoms with Gasteiger partial charge in [0.25, 0.3) is 5.91 Å². The Kier molecular flexibility index (Phi) is 8.38. The number of anilines is 1. The van der Waals surface area contributed by atoms with E-state index in [9.17, 15) is 14.4 Å². The fraction of sp³-hybridized carbons (Fsp3) is 0.393. The summed E-state index contributed by atoms with van der Waals surface area (Å²) in [5, 5.41) is 6.75. The second-order valence-corrected chi connectivity index (χ2v) is 9.71. The van der Waals surface area contributed by atoms with Crippen molar-refractivity contribution >= 4 is 40.8 Å². The Bertz CT molecular complexity index is 1200. The highest BCUT2D eigenvalue weighted by molar-refractivity contribution is 6.30. The van der Waals surface area contributed by atoms with E-state index >= 15 is 0 Å². The Morgan fingerprint density at radius 2 is 1.86 bits per heavy atom. The monoisotopic (exact) mass is 524 g/mol. The summed E-state index contributed by atoms with van der Waals surface area (Å²) in [4.78, 5) is 40.7. The minimum Gasteiger partial charge on any atom is -0.450 e. The smallest absolute Gasteiger partial charge is 0.410 e. The van der Waals surface area contributed by atoms with Crippen LogP contribution in [0.2, 0.25) is 5.02 Å². The molecule has 2 heterocycles. The van der Waals surface area contributed by atoms with Crippen molar-refractivity contribution in [3.8, 4) is 0 Å². The number of nitrogens with zero attached hydrogens (tertiary/aromatic N) is 2. The Morgan fingerprint density at radius 3 is 2.54 bits per heavy atom. The van der Waals surface area contributed by atoms with Gasteiger partial charge in [0.15, 0.2) is 0 Å². The lowest BCUT2D eigenvalue weighted by molar-refractivity contribution is -0.119. The van der Waals surface area contributed by atoms with E-state index < -0.39 is 0 Å². The zero-order valence-corrected chi connectivity index (χ0v) is 22.2. The summed E-state index contributed by atoms with van der Waals surface area (Å²) < 4.78 is 5.34. The molecule has 2 N–H and O–H groups in total. The normalized spacial score (nSPS) is 19.3. The molecule has 37 heavy (non-hydrogen) atoms. The molecule has 9 heteroatoms. The highest BCUT2D eigenvalue weighted by Gasteiger charge is 2.31. The predicted octanol–water partition coefficient (Wildman–Crippen LogP) is 4.72. The molecule has 0 saturated carbocycles. The predicted molar refractivity (Wildman–Crippen MR) is 145 cm³/mol. The first kappa shape index (κ1) is 26.5. The molecule has 0 bridgehead atoms. The van der Waals surface area contributed by atoms with Crippen molar-refractivity contribution < 1.29 is 19.1 Å². The number of amides is 3. The molecular formula is C28H33ClN4O4. The van der Waals surface area contributed by atoms with Crippen molar-refractivity contribution in [1.29, 1.82) is 0 Å². The van der Waals surface area contributed by atoms with Crippen LogP contribution in [0.15, 0.2) is 48.5 Å². The third kappa shape index (κ3) is 6.07. The number of carbonyl (C=O) groups excluding carboxylic acids is 3. The van der Waals surface area contributed by atoms with Crippen LogP contribution in [0.1, 0.15) is 54.2 Å². The third-order valence-electron chi connectivity index (χ3n) is 6.80. The van der Waals surface area contributed by atoms with Gasteiger partial charge in [0.05, 0.1) is 12.6 Å². The van der Waals surface area contributed by atoms with E-state index in [0.29, 0.717) is 43.2 Å². The van der Waals surface area contributed by atoms with E-state index in [-0.39, 0.29) is 30.0 Å². The van der Waals surface area contributed by atoms with Crippen LogP contribution in [0.25, 0.3) is 5.57 Å². The van der Waals surface area contributed by atoms with E-state index in [1.807, 2.05) is 37.4 Å². The summed E-state index contributed by atoms with van der Waals surface area (Å²) >= 11 is 6.31. The van der Waals surface area contributed by atoms with E-state index in [1.54, 1.807) is 28.9 Å². The molecule has 2 unspecified atom stereocenters. The van der Waals surface area contributed by atoms with Gasteiger partial charge in [0, 0.05) is 61.5 Å². The molecule has 2 aromatic rings. The first-order valence-electron chi connectivity index (χ1n) is 12.6. The molecule has 1 saturated heterocycles. The number of ether oxygens (including phenoxy) is 1. The van der Waals surface area contributed by atoms with Gasteiger partial charge in [-0.25, -0.2) is 4.79 Å². The molecule has 2 atom stereocenters. The molecule has 8 nitrogen and oxygen atoms in total. The van der Waals surface area contributed by atoms with E-state index in [0.717, 1.165) is 28.8 Å². The molecule has 2 aliphatic heterocycles. The second kappa shape index (κ2) is 11.7. The molecule has 2 aromatic carbocycles. The fourth-order valence-corrected chi connectivity index (χ4v) is 5.18. The van der Waals surface area contributed by atoms with Gasteiger partial charge >= 0.3 is 6.09 Å². The van der Waals surface area contributed by atoms with E-state index in [2.05, 4.69) is 16.7 Å². The number of halogens is 1. The Morgan fingerprint density at radius 1 is 1.11 bits per heavy atom. The summed E-state index contributed by atoms with van der Waals surface area (Å²) in [7, 11) is 1.87. The van der Waals surface area contributed by atoms with Gasteiger partial charge in [-0.15, -0.1) is 0 Å². The average Bonchev–Trinajstić information content (AvgIpc) is 3.36. The molecule has 1 fully saturated rings. The maximum atomic E-state index is 13.1. The number of rotatable bonds is 6. The van der Waals surface area contributed by atoms with Crippen molar-refractivity contribution in [3.63, 3.8) is 0 Å². The van der Waals surface area contributed by atoms with Gasteiger partial charge in [-0.05, 0) is 61.2 Å². The largest absolute Gasteiger partial charge is 0.450 e. The van der Waals surface area contributed by atoms with Crippen LogP contribution in [0.3, 0.4) is 0 Å². The lowest BCUT2D eigenvalue weighted by atomic mass is 9.91. The molecule has 0 radical (unpaired) electrons. The standard InChI is InChI=1S/C28H33ClN4O4/c1-4-37-28(36)33-14-11-21(24-16-22(29)9-10-25(24)30-3)15-26(33)19-5-7-20(8-6-19)27(35)32-13-12-23(17-32)31-18(2)34/h5-10,15-16,23,26,30H,4,11-14,17H2,1-3H3,(H,31,34). The van der Waals surface area contributed by atoms with Crippen LogP contribution in [-0.4, -0.2) is 67.0 Å². The molecular weight excluding hydrogens is 492 g/mol. The van der Waals surface area contributed by atoms with Gasteiger partial charge < -0.3 is 20.3 Å². The van der Waals surface area contributed by atoms with E-state index in [1.165, 1.54) is 6.92 Å². The molecule has 196 valence electrons. The number of nitrogens with one attached hydrogen (secondary N) is 2. The first-order chi connectivity index (χ1) is 17.8. The first-order valence-corrected chi connectivity index (χ1v) is 13.0. The quantitative estimate of drug-likeness (QED) is 0.570. The zero-order valence-electron chi connectivity index (χ0n) is 21.4. The maximum Gasteiger partial charge on any atom is 0.410 e. The van der Waals surface area contributed by atoms with Gasteiger partial charge in [0.2, 0.25) is 5.91 Å². The van der Waals surface area contributed by atoms with Gasteiger partial charge in [-0.3, -0.25) is 14.5 Å². The minimum atomic E-state index is -0.371. The summed E-state index contributed by atoms with van der Waals surface area (Å²) in [6.45, 7) is 5.16. The fourth-order valence-electron chi connectivity index (χ4n) is 5.01.